The summed E-state index contributed by atoms with van der Waals surface area (Å²) in [5, 5.41) is 10.3. The lowest BCUT2D eigenvalue weighted by Crippen LogP contribution is -2.24. The van der Waals surface area contributed by atoms with Gasteiger partial charge in [0.05, 0.1) is 0 Å². The van der Waals surface area contributed by atoms with Crippen LogP contribution in [-0.2, 0) is 0 Å². The molecule has 0 aliphatic rings. The largest absolute Gasteiger partial charge is 0.350 e. The van der Waals surface area contributed by atoms with Gasteiger partial charge in [0.15, 0.2) is 0 Å². The minimum Gasteiger partial charge on any atom is -0.350 e. The van der Waals surface area contributed by atoms with E-state index in [-0.39, 0.29) is 5.91 Å². The van der Waals surface area contributed by atoms with Gasteiger partial charge in [-0.1, -0.05) is 25.2 Å². The van der Waals surface area contributed by atoms with Crippen LogP contribution in [0.2, 0.25) is 4.47 Å². The zero-order valence-corrected chi connectivity index (χ0v) is 10.4. The highest BCUT2D eigenvalue weighted by Crippen LogP contribution is 2.14. The van der Waals surface area contributed by atoms with Crippen LogP contribution >= 0.6 is 22.9 Å². The molecule has 84 valence electrons. The highest BCUT2D eigenvalue weighted by molar-refractivity contribution is 7.17. The van der Waals surface area contributed by atoms with Gasteiger partial charge in [0, 0.05) is 6.54 Å². The molecule has 1 aromatic heterocycles. The highest BCUT2D eigenvalue weighted by Gasteiger charge is 2.10. The van der Waals surface area contributed by atoms with Crippen LogP contribution < -0.4 is 5.32 Å². The lowest BCUT2D eigenvalue weighted by atomic mass is 10.1. The van der Waals surface area contributed by atoms with Crippen LogP contribution in [0.25, 0.3) is 0 Å². The molecule has 1 heterocycles. The maximum atomic E-state index is 11.4. The number of aromatic nitrogens is 2. The lowest BCUT2D eigenvalue weighted by Gasteiger charge is -2.04. The molecule has 6 heteroatoms. The fourth-order valence-electron chi connectivity index (χ4n) is 1.08. The average Bonchev–Trinajstić information content (AvgIpc) is 2.59. The van der Waals surface area contributed by atoms with Crippen LogP contribution in [-0.4, -0.2) is 22.6 Å². The molecule has 0 unspecified atom stereocenters. The van der Waals surface area contributed by atoms with E-state index >= 15 is 0 Å². The summed E-state index contributed by atoms with van der Waals surface area (Å²) < 4.78 is 0.294. The SMILES string of the molecule is CC(C)CCCNC(=O)c1nnc(Cl)s1. The van der Waals surface area contributed by atoms with E-state index < -0.39 is 0 Å². The number of carbonyl (C=O) groups excluding carboxylic acids is 1. The predicted octanol–water partition coefficient (Wildman–Crippen LogP) is 2.36. The molecule has 0 bridgehead atoms. The molecule has 0 fully saturated rings. The van der Waals surface area contributed by atoms with Crippen LogP contribution in [0.1, 0.15) is 36.5 Å². The highest BCUT2D eigenvalue weighted by atomic mass is 35.5. The van der Waals surface area contributed by atoms with Crippen molar-refractivity contribution in [2.75, 3.05) is 6.54 Å². The second-order valence-electron chi connectivity index (χ2n) is 3.65. The monoisotopic (exact) mass is 247 g/mol. The molecular formula is C9H14ClN3OS. The second-order valence-corrected chi connectivity index (χ2v) is 5.21. The summed E-state index contributed by atoms with van der Waals surface area (Å²) >= 11 is 6.66. The Balaban J connectivity index is 2.25. The Morgan fingerprint density at radius 2 is 2.27 bits per heavy atom. The molecule has 0 aliphatic heterocycles. The topological polar surface area (TPSA) is 54.9 Å². The summed E-state index contributed by atoms with van der Waals surface area (Å²) in [5.41, 5.74) is 0. The fraction of sp³-hybridized carbons (Fsp3) is 0.667. The second kappa shape index (κ2) is 6.02. The summed E-state index contributed by atoms with van der Waals surface area (Å²) in [6.45, 7) is 4.99. The smallest absolute Gasteiger partial charge is 0.282 e. The molecule has 1 amide bonds. The standard InChI is InChI=1S/C9H14ClN3OS/c1-6(2)4-3-5-11-7(14)8-12-13-9(10)15-8/h6H,3-5H2,1-2H3,(H,11,14). The lowest BCUT2D eigenvalue weighted by molar-refractivity contribution is 0.0951. The molecule has 1 rings (SSSR count). The molecule has 0 spiro atoms. The zero-order valence-electron chi connectivity index (χ0n) is 8.79. The minimum atomic E-state index is -0.192. The normalized spacial score (nSPS) is 10.7. The van der Waals surface area contributed by atoms with Crippen LogP contribution in [0.4, 0.5) is 0 Å². The van der Waals surface area contributed by atoms with Crippen molar-refractivity contribution >= 4 is 28.8 Å². The fourth-order valence-corrected chi connectivity index (χ4v) is 1.83. The van der Waals surface area contributed by atoms with E-state index in [1.807, 2.05) is 0 Å². The van der Waals surface area contributed by atoms with E-state index in [2.05, 4.69) is 29.4 Å². The van der Waals surface area contributed by atoms with Gasteiger partial charge in [0.25, 0.3) is 5.91 Å². The molecule has 0 atom stereocenters. The van der Waals surface area contributed by atoms with Crippen molar-refractivity contribution in [1.29, 1.82) is 0 Å². The molecule has 0 radical (unpaired) electrons. The van der Waals surface area contributed by atoms with Crippen LogP contribution in [0.5, 0.6) is 0 Å². The van der Waals surface area contributed by atoms with E-state index in [1.165, 1.54) is 0 Å². The third kappa shape index (κ3) is 4.57. The Morgan fingerprint density at radius 3 is 2.80 bits per heavy atom. The molecule has 0 aliphatic carbocycles. The van der Waals surface area contributed by atoms with Crippen molar-refractivity contribution in [2.45, 2.75) is 26.7 Å². The first kappa shape index (κ1) is 12.4. The number of amides is 1. The van der Waals surface area contributed by atoms with Gasteiger partial charge in [-0.05, 0) is 30.4 Å². The summed E-state index contributed by atoms with van der Waals surface area (Å²) in [6.07, 6.45) is 2.09. The van der Waals surface area contributed by atoms with E-state index in [4.69, 9.17) is 11.6 Å². The van der Waals surface area contributed by atoms with Crippen molar-refractivity contribution in [3.05, 3.63) is 9.47 Å². The van der Waals surface area contributed by atoms with Crippen LogP contribution in [0, 0.1) is 5.92 Å². The van der Waals surface area contributed by atoms with Crippen LogP contribution in [0.15, 0.2) is 0 Å². The van der Waals surface area contributed by atoms with E-state index in [1.54, 1.807) is 0 Å². The first-order valence-corrected chi connectivity index (χ1v) is 6.06. The summed E-state index contributed by atoms with van der Waals surface area (Å²) in [6, 6.07) is 0. The van der Waals surface area contributed by atoms with Gasteiger partial charge in [-0.25, -0.2) is 0 Å². The molecular weight excluding hydrogens is 234 g/mol. The van der Waals surface area contributed by atoms with Crippen molar-refractivity contribution in [3.63, 3.8) is 0 Å². The van der Waals surface area contributed by atoms with Gasteiger partial charge in [0.2, 0.25) is 9.47 Å². The number of nitrogens with zero attached hydrogens (tertiary/aromatic N) is 2. The Bertz CT molecular complexity index is 327. The molecule has 0 saturated heterocycles. The van der Waals surface area contributed by atoms with Crippen molar-refractivity contribution in [3.8, 4) is 0 Å². The molecule has 0 saturated carbocycles. The third-order valence-electron chi connectivity index (χ3n) is 1.84. The van der Waals surface area contributed by atoms with Gasteiger partial charge >= 0.3 is 0 Å². The van der Waals surface area contributed by atoms with E-state index in [0.717, 1.165) is 24.2 Å². The molecule has 15 heavy (non-hydrogen) atoms. The van der Waals surface area contributed by atoms with Crippen LogP contribution in [0.3, 0.4) is 0 Å². The summed E-state index contributed by atoms with van der Waals surface area (Å²) in [5.74, 6) is 0.473. The van der Waals surface area contributed by atoms with Gasteiger partial charge in [-0.15, -0.1) is 10.2 Å². The summed E-state index contributed by atoms with van der Waals surface area (Å²) in [4.78, 5) is 11.4. The number of rotatable bonds is 5. The van der Waals surface area contributed by atoms with Crippen molar-refractivity contribution in [1.82, 2.24) is 15.5 Å². The minimum absolute atomic E-state index is 0.192. The van der Waals surface area contributed by atoms with Gasteiger partial charge in [-0.3, -0.25) is 4.79 Å². The van der Waals surface area contributed by atoms with Gasteiger partial charge in [-0.2, -0.15) is 0 Å². The summed E-state index contributed by atoms with van der Waals surface area (Å²) in [7, 11) is 0. The van der Waals surface area contributed by atoms with Crippen molar-refractivity contribution < 1.29 is 4.79 Å². The van der Waals surface area contributed by atoms with E-state index in [9.17, 15) is 4.79 Å². The third-order valence-corrected chi connectivity index (χ3v) is 2.86. The number of halogens is 1. The quantitative estimate of drug-likeness (QED) is 0.813. The van der Waals surface area contributed by atoms with E-state index in [0.29, 0.717) is 21.9 Å². The predicted molar refractivity (Wildman–Crippen MR) is 61.3 cm³/mol. The first-order valence-electron chi connectivity index (χ1n) is 4.87. The van der Waals surface area contributed by atoms with Gasteiger partial charge < -0.3 is 5.32 Å². The average molecular weight is 248 g/mol. The maximum absolute atomic E-state index is 11.4. The Morgan fingerprint density at radius 1 is 1.53 bits per heavy atom. The number of nitrogens with one attached hydrogen (secondary N) is 1. The Kier molecular flexibility index (Phi) is 4.98. The Hall–Kier alpha value is -0.680. The molecule has 4 nitrogen and oxygen atoms in total. The van der Waals surface area contributed by atoms with Gasteiger partial charge in [0.1, 0.15) is 0 Å². The number of hydrogen-bond donors (Lipinski definition) is 1. The first-order chi connectivity index (χ1) is 7.09. The zero-order chi connectivity index (χ0) is 11.3. The van der Waals surface area contributed by atoms with Crippen molar-refractivity contribution in [2.24, 2.45) is 5.92 Å². The number of carbonyl (C=O) groups is 1. The Labute approximate surface area is 98.0 Å². The molecule has 1 aromatic rings. The maximum Gasteiger partial charge on any atom is 0.282 e. The molecule has 1 N–H and O–H groups in total. The number of hydrogen-bond acceptors (Lipinski definition) is 4. The molecule has 0 aromatic carbocycles.